The highest BCUT2D eigenvalue weighted by atomic mass is 35.5. The van der Waals surface area contributed by atoms with Gasteiger partial charge in [-0.3, -0.25) is 0 Å². The largest absolute Gasteiger partial charge is 0.370 e. The number of nitrogens with two attached hydrogens (primary N) is 1. The zero-order chi connectivity index (χ0) is 12.0. The van der Waals surface area contributed by atoms with Crippen LogP contribution in [0.25, 0.3) is 0 Å². The molecule has 0 aliphatic carbocycles. The molecular weight excluding hydrogens is 243 g/mol. The van der Waals surface area contributed by atoms with Gasteiger partial charge in [-0.1, -0.05) is 36.5 Å². The van der Waals surface area contributed by atoms with Gasteiger partial charge in [-0.25, -0.2) is 0 Å². The van der Waals surface area contributed by atoms with Crippen LogP contribution in [-0.2, 0) is 0 Å². The van der Waals surface area contributed by atoms with Gasteiger partial charge in [0.1, 0.15) is 0 Å². The number of hydrogen-bond donors (Lipinski definition) is 1. The van der Waals surface area contributed by atoms with Gasteiger partial charge in [-0.15, -0.1) is 0 Å². The average Bonchev–Trinajstić information content (AvgIpc) is 2.28. The topological polar surface area (TPSA) is 29.3 Å². The lowest BCUT2D eigenvalue weighted by atomic mass is 10.2. The summed E-state index contributed by atoms with van der Waals surface area (Å²) in [4.78, 5) is 2.24. The standard InChI is InChI=1S/C12H18Cl2N2/c1-2-3-7-16(8-6-15)10-4-5-11(13)12(14)9-10/h4-5,9H,2-3,6-8,15H2,1H3. The van der Waals surface area contributed by atoms with Gasteiger partial charge < -0.3 is 10.6 Å². The maximum absolute atomic E-state index is 6.00. The van der Waals surface area contributed by atoms with Crippen molar-refractivity contribution in [2.24, 2.45) is 5.73 Å². The van der Waals surface area contributed by atoms with Gasteiger partial charge in [0.25, 0.3) is 0 Å². The van der Waals surface area contributed by atoms with E-state index in [2.05, 4.69) is 11.8 Å². The molecule has 0 saturated heterocycles. The van der Waals surface area contributed by atoms with Crippen molar-refractivity contribution in [3.05, 3.63) is 28.2 Å². The Morgan fingerprint density at radius 2 is 1.94 bits per heavy atom. The van der Waals surface area contributed by atoms with Crippen molar-refractivity contribution in [3.8, 4) is 0 Å². The lowest BCUT2D eigenvalue weighted by Crippen LogP contribution is -2.30. The Morgan fingerprint density at radius 3 is 2.50 bits per heavy atom. The quantitative estimate of drug-likeness (QED) is 0.848. The highest BCUT2D eigenvalue weighted by Gasteiger charge is 2.07. The minimum Gasteiger partial charge on any atom is -0.370 e. The van der Waals surface area contributed by atoms with Crippen LogP contribution in [0, 0.1) is 0 Å². The lowest BCUT2D eigenvalue weighted by molar-refractivity contribution is 0.715. The molecule has 0 fully saturated rings. The van der Waals surface area contributed by atoms with Crippen LogP contribution >= 0.6 is 23.2 Å². The number of nitrogens with zero attached hydrogens (tertiary/aromatic N) is 1. The van der Waals surface area contributed by atoms with Crippen LogP contribution in [-0.4, -0.2) is 19.6 Å². The van der Waals surface area contributed by atoms with Crippen LogP contribution in [0.4, 0.5) is 5.69 Å². The van der Waals surface area contributed by atoms with Crippen molar-refractivity contribution in [1.82, 2.24) is 0 Å². The van der Waals surface area contributed by atoms with Crippen molar-refractivity contribution in [3.63, 3.8) is 0 Å². The van der Waals surface area contributed by atoms with Crippen LogP contribution in [0.5, 0.6) is 0 Å². The molecule has 0 heterocycles. The summed E-state index contributed by atoms with van der Waals surface area (Å²) in [5.74, 6) is 0. The Balaban J connectivity index is 2.78. The van der Waals surface area contributed by atoms with Gasteiger partial charge in [-0.05, 0) is 24.6 Å². The minimum absolute atomic E-state index is 0.591. The molecular formula is C12H18Cl2N2. The second-order valence-electron chi connectivity index (χ2n) is 3.73. The Hall–Kier alpha value is -0.440. The third kappa shape index (κ3) is 3.85. The molecule has 1 aromatic carbocycles. The first-order chi connectivity index (χ1) is 7.69. The number of hydrogen-bond acceptors (Lipinski definition) is 2. The van der Waals surface area contributed by atoms with E-state index in [0.717, 1.165) is 25.2 Å². The molecule has 2 N–H and O–H groups in total. The molecule has 4 heteroatoms. The molecule has 0 unspecified atom stereocenters. The summed E-state index contributed by atoms with van der Waals surface area (Å²) < 4.78 is 0. The van der Waals surface area contributed by atoms with Crippen LogP contribution in [0.1, 0.15) is 19.8 Å². The van der Waals surface area contributed by atoms with E-state index in [1.54, 1.807) is 0 Å². The summed E-state index contributed by atoms with van der Waals surface area (Å²) in [5.41, 5.74) is 6.70. The van der Waals surface area contributed by atoms with Gasteiger partial charge in [0, 0.05) is 25.3 Å². The Labute approximate surface area is 107 Å². The van der Waals surface area contributed by atoms with E-state index in [0.29, 0.717) is 16.6 Å². The molecule has 0 aromatic heterocycles. The first-order valence-electron chi connectivity index (χ1n) is 5.59. The fourth-order valence-corrected chi connectivity index (χ4v) is 1.85. The summed E-state index contributed by atoms with van der Waals surface area (Å²) in [6.45, 7) is 4.67. The van der Waals surface area contributed by atoms with E-state index >= 15 is 0 Å². The predicted octanol–water partition coefficient (Wildman–Crippen LogP) is 3.56. The Morgan fingerprint density at radius 1 is 1.19 bits per heavy atom. The van der Waals surface area contributed by atoms with E-state index in [1.807, 2.05) is 18.2 Å². The summed E-state index contributed by atoms with van der Waals surface area (Å²) in [7, 11) is 0. The van der Waals surface area contributed by atoms with Gasteiger partial charge in [0.2, 0.25) is 0 Å². The van der Waals surface area contributed by atoms with Gasteiger partial charge in [0.05, 0.1) is 10.0 Å². The highest BCUT2D eigenvalue weighted by Crippen LogP contribution is 2.27. The number of anilines is 1. The van der Waals surface area contributed by atoms with Crippen molar-refractivity contribution in [1.29, 1.82) is 0 Å². The van der Waals surface area contributed by atoms with Crippen molar-refractivity contribution in [2.45, 2.75) is 19.8 Å². The van der Waals surface area contributed by atoms with Crippen LogP contribution in [0.3, 0.4) is 0 Å². The molecule has 0 bridgehead atoms. The van der Waals surface area contributed by atoms with E-state index in [9.17, 15) is 0 Å². The van der Waals surface area contributed by atoms with Crippen LogP contribution in [0.15, 0.2) is 18.2 Å². The molecule has 0 radical (unpaired) electrons. The van der Waals surface area contributed by atoms with Gasteiger partial charge >= 0.3 is 0 Å². The molecule has 90 valence electrons. The molecule has 1 rings (SSSR count). The number of halogens is 2. The highest BCUT2D eigenvalue weighted by molar-refractivity contribution is 6.42. The maximum atomic E-state index is 6.00. The fraction of sp³-hybridized carbons (Fsp3) is 0.500. The second kappa shape index (κ2) is 7.00. The number of benzene rings is 1. The first-order valence-corrected chi connectivity index (χ1v) is 6.34. The van der Waals surface area contributed by atoms with E-state index in [-0.39, 0.29) is 0 Å². The molecule has 0 saturated carbocycles. The molecule has 0 atom stereocenters. The Bertz CT molecular complexity index is 329. The maximum Gasteiger partial charge on any atom is 0.0612 e. The molecule has 0 spiro atoms. The van der Waals surface area contributed by atoms with E-state index in [1.165, 1.54) is 6.42 Å². The minimum atomic E-state index is 0.591. The Kier molecular flexibility index (Phi) is 5.96. The first kappa shape index (κ1) is 13.6. The van der Waals surface area contributed by atoms with Gasteiger partial charge in [-0.2, -0.15) is 0 Å². The predicted molar refractivity (Wildman–Crippen MR) is 72.6 cm³/mol. The summed E-state index contributed by atoms with van der Waals surface area (Å²) in [5, 5.41) is 1.19. The smallest absolute Gasteiger partial charge is 0.0612 e. The zero-order valence-corrected chi connectivity index (χ0v) is 11.1. The van der Waals surface area contributed by atoms with E-state index < -0.39 is 0 Å². The molecule has 1 aromatic rings. The number of rotatable bonds is 6. The SMILES string of the molecule is CCCCN(CCN)c1ccc(Cl)c(Cl)c1. The second-order valence-corrected chi connectivity index (χ2v) is 4.54. The third-order valence-corrected chi connectivity index (χ3v) is 3.19. The van der Waals surface area contributed by atoms with E-state index in [4.69, 9.17) is 28.9 Å². The lowest BCUT2D eigenvalue weighted by Gasteiger charge is -2.24. The molecule has 0 aliphatic rings. The summed E-state index contributed by atoms with van der Waals surface area (Å²) in [6, 6.07) is 5.71. The average molecular weight is 261 g/mol. The van der Waals surface area contributed by atoms with Gasteiger partial charge in [0.15, 0.2) is 0 Å². The summed E-state index contributed by atoms with van der Waals surface area (Å²) >= 11 is 11.9. The normalized spacial score (nSPS) is 10.5. The van der Waals surface area contributed by atoms with Crippen LogP contribution < -0.4 is 10.6 Å². The fourth-order valence-electron chi connectivity index (χ4n) is 1.56. The molecule has 16 heavy (non-hydrogen) atoms. The monoisotopic (exact) mass is 260 g/mol. The molecule has 2 nitrogen and oxygen atoms in total. The van der Waals surface area contributed by atoms with Crippen LogP contribution in [0.2, 0.25) is 10.0 Å². The van der Waals surface area contributed by atoms with Crippen molar-refractivity contribution >= 4 is 28.9 Å². The summed E-state index contributed by atoms with van der Waals surface area (Å²) in [6.07, 6.45) is 2.32. The molecule has 0 aliphatic heterocycles. The van der Waals surface area contributed by atoms with Crippen molar-refractivity contribution < 1.29 is 0 Å². The zero-order valence-electron chi connectivity index (χ0n) is 9.55. The molecule has 0 amide bonds. The van der Waals surface area contributed by atoms with Crippen molar-refractivity contribution in [2.75, 3.05) is 24.5 Å². The third-order valence-electron chi connectivity index (χ3n) is 2.45. The number of unbranched alkanes of at least 4 members (excludes halogenated alkanes) is 1.